The number of hydrogen-bond donors (Lipinski definition) is 0. The van der Waals surface area contributed by atoms with E-state index < -0.39 is 10.0 Å². The highest BCUT2D eigenvalue weighted by atomic mass is 79.9. The molecule has 0 spiro atoms. The second-order valence-electron chi connectivity index (χ2n) is 3.72. The van der Waals surface area contributed by atoms with Crippen LogP contribution in [0.25, 0.3) is 0 Å². The van der Waals surface area contributed by atoms with E-state index in [1.54, 1.807) is 12.1 Å². The summed E-state index contributed by atoms with van der Waals surface area (Å²) in [5.41, 5.74) is 1.16. The van der Waals surface area contributed by atoms with E-state index in [1.807, 2.05) is 12.1 Å². The highest BCUT2D eigenvalue weighted by Gasteiger charge is 2.16. The quantitative estimate of drug-likeness (QED) is 0.783. The van der Waals surface area contributed by atoms with Crippen LogP contribution in [0.4, 0.5) is 0 Å². The minimum atomic E-state index is -3.29. The molecule has 0 atom stereocenters. The van der Waals surface area contributed by atoms with E-state index in [9.17, 15) is 8.42 Å². The van der Waals surface area contributed by atoms with Gasteiger partial charge in [0, 0.05) is 19.4 Å². The van der Waals surface area contributed by atoms with Gasteiger partial charge in [0.2, 0.25) is 10.0 Å². The molecule has 0 bridgehead atoms. The van der Waals surface area contributed by atoms with Gasteiger partial charge in [0.1, 0.15) is 0 Å². The first-order valence-electron chi connectivity index (χ1n) is 5.06. The van der Waals surface area contributed by atoms with Crippen LogP contribution in [0.3, 0.4) is 0 Å². The smallest absolute Gasteiger partial charge is 0.207 e. The predicted molar refractivity (Wildman–Crippen MR) is 69.4 cm³/mol. The second-order valence-corrected chi connectivity index (χ2v) is 6.67. The third-order valence-corrected chi connectivity index (χ3v) is 4.69. The second kappa shape index (κ2) is 5.80. The van der Waals surface area contributed by atoms with E-state index in [4.69, 9.17) is 0 Å². The van der Waals surface area contributed by atoms with Crippen molar-refractivity contribution in [2.45, 2.75) is 17.7 Å². The average Bonchev–Trinajstić information content (AvgIpc) is 2.26. The van der Waals surface area contributed by atoms with E-state index in [-0.39, 0.29) is 0 Å². The van der Waals surface area contributed by atoms with Gasteiger partial charge in [-0.3, -0.25) is 0 Å². The van der Waals surface area contributed by atoms with Crippen LogP contribution >= 0.6 is 15.9 Å². The van der Waals surface area contributed by atoms with Crippen molar-refractivity contribution in [1.82, 2.24) is 4.31 Å². The molecule has 0 N–H and O–H groups in total. The van der Waals surface area contributed by atoms with Crippen molar-refractivity contribution in [2.24, 2.45) is 0 Å². The zero-order valence-electron chi connectivity index (χ0n) is 9.48. The highest BCUT2D eigenvalue weighted by Crippen LogP contribution is 2.14. The van der Waals surface area contributed by atoms with Crippen LogP contribution in [0.15, 0.2) is 29.2 Å². The van der Waals surface area contributed by atoms with Crippen LogP contribution < -0.4 is 0 Å². The minimum absolute atomic E-state index is 0.347. The normalized spacial score (nSPS) is 12.0. The fraction of sp³-hybridized carbons (Fsp3) is 0.455. The molecule has 0 amide bonds. The monoisotopic (exact) mass is 305 g/mol. The first kappa shape index (κ1) is 13.7. The van der Waals surface area contributed by atoms with Gasteiger partial charge in [0.05, 0.1) is 4.90 Å². The molecule has 1 aromatic carbocycles. The summed E-state index contributed by atoms with van der Waals surface area (Å²) in [6.07, 6.45) is 2.02. The van der Waals surface area contributed by atoms with Gasteiger partial charge in [-0.15, -0.1) is 0 Å². The van der Waals surface area contributed by atoms with Crippen LogP contribution in [0.2, 0.25) is 0 Å². The molecule has 0 saturated carbocycles. The SMILES string of the molecule is CN(C)S(=O)(=O)c1ccc(CCCBr)cc1. The molecule has 16 heavy (non-hydrogen) atoms. The molecule has 0 radical (unpaired) electrons. The van der Waals surface area contributed by atoms with Crippen molar-refractivity contribution in [1.29, 1.82) is 0 Å². The third kappa shape index (κ3) is 3.30. The van der Waals surface area contributed by atoms with Crippen LogP contribution in [0.1, 0.15) is 12.0 Å². The molecular weight excluding hydrogens is 290 g/mol. The van der Waals surface area contributed by atoms with E-state index in [2.05, 4.69) is 15.9 Å². The Hall–Kier alpha value is -0.390. The fourth-order valence-electron chi connectivity index (χ4n) is 1.31. The van der Waals surface area contributed by atoms with Crippen LogP contribution in [-0.4, -0.2) is 32.1 Å². The van der Waals surface area contributed by atoms with E-state index in [1.165, 1.54) is 18.4 Å². The molecule has 1 aromatic rings. The van der Waals surface area contributed by atoms with Crippen LogP contribution in [0.5, 0.6) is 0 Å². The van der Waals surface area contributed by atoms with Crippen molar-refractivity contribution < 1.29 is 8.42 Å². The van der Waals surface area contributed by atoms with Crippen LogP contribution in [0, 0.1) is 0 Å². The lowest BCUT2D eigenvalue weighted by Crippen LogP contribution is -2.22. The van der Waals surface area contributed by atoms with Crippen molar-refractivity contribution in [3.8, 4) is 0 Å². The summed E-state index contributed by atoms with van der Waals surface area (Å²) in [5.74, 6) is 0. The Labute approximate surface area is 106 Å². The Morgan fingerprint density at radius 1 is 1.19 bits per heavy atom. The molecule has 0 unspecified atom stereocenters. The molecule has 0 saturated heterocycles. The minimum Gasteiger partial charge on any atom is -0.207 e. The Bertz CT molecular complexity index is 426. The summed E-state index contributed by atoms with van der Waals surface area (Å²) in [4.78, 5) is 0.347. The molecule has 0 aliphatic carbocycles. The maximum absolute atomic E-state index is 11.8. The van der Waals surface area contributed by atoms with E-state index >= 15 is 0 Å². The number of aryl methyl sites for hydroxylation is 1. The van der Waals surface area contributed by atoms with Gasteiger partial charge in [0.25, 0.3) is 0 Å². The maximum Gasteiger partial charge on any atom is 0.242 e. The lowest BCUT2D eigenvalue weighted by Gasteiger charge is -2.11. The lowest BCUT2D eigenvalue weighted by molar-refractivity contribution is 0.520. The molecule has 0 aliphatic heterocycles. The summed E-state index contributed by atoms with van der Waals surface area (Å²) in [5, 5.41) is 0.963. The van der Waals surface area contributed by atoms with Gasteiger partial charge in [-0.25, -0.2) is 12.7 Å². The molecule has 5 heteroatoms. The molecule has 0 aliphatic rings. The third-order valence-electron chi connectivity index (χ3n) is 2.30. The predicted octanol–water partition coefficient (Wildman–Crippen LogP) is 2.26. The number of alkyl halides is 1. The number of rotatable bonds is 5. The Kier molecular flexibility index (Phi) is 4.95. The molecule has 0 aromatic heterocycles. The first-order chi connectivity index (χ1) is 7.48. The molecule has 0 fully saturated rings. The van der Waals surface area contributed by atoms with E-state index in [0.717, 1.165) is 23.7 Å². The molecular formula is C11H16BrNO2S. The molecule has 1 rings (SSSR count). The van der Waals surface area contributed by atoms with Crippen molar-refractivity contribution in [2.75, 3.05) is 19.4 Å². The topological polar surface area (TPSA) is 37.4 Å². The van der Waals surface area contributed by atoms with Crippen molar-refractivity contribution in [3.63, 3.8) is 0 Å². The maximum atomic E-state index is 11.8. The van der Waals surface area contributed by atoms with Crippen molar-refractivity contribution in [3.05, 3.63) is 29.8 Å². The van der Waals surface area contributed by atoms with Crippen molar-refractivity contribution >= 4 is 26.0 Å². The zero-order valence-corrected chi connectivity index (χ0v) is 11.9. The lowest BCUT2D eigenvalue weighted by atomic mass is 10.1. The molecule has 3 nitrogen and oxygen atoms in total. The van der Waals surface area contributed by atoms with Gasteiger partial charge in [-0.1, -0.05) is 28.1 Å². The Balaban J connectivity index is 2.87. The zero-order chi connectivity index (χ0) is 12.2. The summed E-state index contributed by atoms with van der Waals surface area (Å²) in [7, 11) is -0.219. The number of benzene rings is 1. The van der Waals surface area contributed by atoms with Gasteiger partial charge in [-0.2, -0.15) is 0 Å². The largest absolute Gasteiger partial charge is 0.242 e. The number of sulfonamides is 1. The van der Waals surface area contributed by atoms with Gasteiger partial charge in [-0.05, 0) is 30.5 Å². The highest BCUT2D eigenvalue weighted by molar-refractivity contribution is 9.09. The summed E-state index contributed by atoms with van der Waals surface area (Å²) in [6, 6.07) is 7.08. The first-order valence-corrected chi connectivity index (χ1v) is 7.62. The van der Waals surface area contributed by atoms with Gasteiger partial charge < -0.3 is 0 Å². The van der Waals surface area contributed by atoms with Gasteiger partial charge >= 0.3 is 0 Å². The summed E-state index contributed by atoms with van der Waals surface area (Å²) < 4.78 is 24.8. The summed E-state index contributed by atoms with van der Waals surface area (Å²) in [6.45, 7) is 0. The van der Waals surface area contributed by atoms with E-state index in [0.29, 0.717) is 4.90 Å². The Morgan fingerprint density at radius 2 is 1.75 bits per heavy atom. The fourth-order valence-corrected chi connectivity index (χ4v) is 2.49. The Morgan fingerprint density at radius 3 is 2.19 bits per heavy atom. The summed E-state index contributed by atoms with van der Waals surface area (Å²) >= 11 is 3.37. The molecule has 0 heterocycles. The average molecular weight is 306 g/mol. The standard InChI is InChI=1S/C11H16BrNO2S/c1-13(2)16(14,15)11-7-5-10(6-8-11)4-3-9-12/h5-8H,3-4,9H2,1-2H3. The number of nitrogens with zero attached hydrogens (tertiary/aromatic N) is 1. The molecule has 90 valence electrons. The van der Waals surface area contributed by atoms with Gasteiger partial charge in [0.15, 0.2) is 0 Å². The van der Waals surface area contributed by atoms with Crippen LogP contribution in [-0.2, 0) is 16.4 Å². The number of hydrogen-bond acceptors (Lipinski definition) is 2. The number of halogens is 1.